The van der Waals surface area contributed by atoms with Crippen molar-refractivity contribution < 1.29 is 24.9 Å². The van der Waals surface area contributed by atoms with E-state index in [-0.39, 0.29) is 13.0 Å². The Morgan fingerprint density at radius 2 is 1.27 bits per heavy atom. The molecule has 1 fully saturated rings. The first-order chi connectivity index (χ1) is 14.5. The summed E-state index contributed by atoms with van der Waals surface area (Å²) >= 11 is 0. The SMILES string of the molecule is O=C(O)[C@@H](Cc1ccc(-c2ccc(CO)cc2)cc1)[C@H](CC1CCCCC1)C(=O)O. The Labute approximate surface area is 177 Å². The van der Waals surface area contributed by atoms with Crippen LogP contribution in [0.25, 0.3) is 11.1 Å². The quantitative estimate of drug-likeness (QED) is 0.554. The zero-order chi connectivity index (χ0) is 21.5. The van der Waals surface area contributed by atoms with Crippen LogP contribution in [-0.4, -0.2) is 27.3 Å². The molecule has 0 aromatic heterocycles. The molecule has 0 heterocycles. The molecule has 1 aliphatic carbocycles. The van der Waals surface area contributed by atoms with Gasteiger partial charge in [0.05, 0.1) is 18.4 Å². The van der Waals surface area contributed by atoms with Crippen LogP contribution in [0, 0.1) is 17.8 Å². The van der Waals surface area contributed by atoms with E-state index in [1.807, 2.05) is 48.5 Å². The van der Waals surface area contributed by atoms with Gasteiger partial charge in [0, 0.05) is 0 Å². The van der Waals surface area contributed by atoms with E-state index in [9.17, 15) is 19.8 Å². The van der Waals surface area contributed by atoms with E-state index < -0.39 is 23.8 Å². The second kappa shape index (κ2) is 10.4. The molecule has 30 heavy (non-hydrogen) atoms. The first kappa shape index (κ1) is 22.0. The molecule has 0 unspecified atom stereocenters. The van der Waals surface area contributed by atoms with Crippen LogP contribution in [0.3, 0.4) is 0 Å². The van der Waals surface area contributed by atoms with E-state index in [0.29, 0.717) is 12.3 Å². The lowest BCUT2D eigenvalue weighted by Gasteiger charge is -2.27. The van der Waals surface area contributed by atoms with Crippen LogP contribution in [0.15, 0.2) is 48.5 Å². The van der Waals surface area contributed by atoms with Crippen LogP contribution in [-0.2, 0) is 22.6 Å². The number of carboxylic acid groups (broad SMARTS) is 2. The van der Waals surface area contributed by atoms with Crippen LogP contribution in [0.2, 0.25) is 0 Å². The molecule has 0 aliphatic heterocycles. The number of hydrogen-bond donors (Lipinski definition) is 3. The fourth-order valence-corrected chi connectivity index (χ4v) is 4.51. The summed E-state index contributed by atoms with van der Waals surface area (Å²) in [6.07, 6.45) is 6.06. The molecule has 0 bridgehead atoms. The minimum atomic E-state index is -1.04. The lowest BCUT2D eigenvalue weighted by atomic mass is 9.76. The summed E-state index contributed by atoms with van der Waals surface area (Å²) in [5, 5.41) is 28.7. The molecule has 5 nitrogen and oxygen atoms in total. The van der Waals surface area contributed by atoms with Gasteiger partial charge in [-0.3, -0.25) is 9.59 Å². The van der Waals surface area contributed by atoms with Crippen molar-refractivity contribution in [3.8, 4) is 11.1 Å². The maximum Gasteiger partial charge on any atom is 0.307 e. The second-order valence-corrected chi connectivity index (χ2v) is 8.39. The Hall–Kier alpha value is -2.66. The average Bonchev–Trinajstić information content (AvgIpc) is 2.77. The highest BCUT2D eigenvalue weighted by molar-refractivity contribution is 5.80. The summed E-state index contributed by atoms with van der Waals surface area (Å²) in [5.74, 6) is -3.53. The lowest BCUT2D eigenvalue weighted by molar-refractivity contribution is -0.154. The fraction of sp³-hybridized carbons (Fsp3) is 0.440. The third kappa shape index (κ3) is 5.70. The Morgan fingerprint density at radius 3 is 1.73 bits per heavy atom. The third-order valence-electron chi connectivity index (χ3n) is 6.31. The van der Waals surface area contributed by atoms with Crippen molar-refractivity contribution in [3.05, 3.63) is 59.7 Å². The normalized spacial score (nSPS) is 16.7. The van der Waals surface area contributed by atoms with Crippen LogP contribution >= 0.6 is 0 Å². The molecular formula is C25H30O5. The van der Waals surface area contributed by atoms with Crippen molar-refractivity contribution in [2.45, 2.75) is 51.6 Å². The van der Waals surface area contributed by atoms with E-state index in [1.54, 1.807) is 0 Å². The Bertz CT molecular complexity index is 835. The second-order valence-electron chi connectivity index (χ2n) is 8.39. The molecule has 3 rings (SSSR count). The van der Waals surface area contributed by atoms with Gasteiger partial charge in [-0.25, -0.2) is 0 Å². The monoisotopic (exact) mass is 410 g/mol. The van der Waals surface area contributed by atoms with Crippen LogP contribution < -0.4 is 0 Å². The molecule has 0 radical (unpaired) electrons. The van der Waals surface area contributed by atoms with Gasteiger partial charge in [-0.15, -0.1) is 0 Å². The van der Waals surface area contributed by atoms with E-state index in [2.05, 4.69) is 0 Å². The molecule has 1 aliphatic rings. The third-order valence-corrected chi connectivity index (χ3v) is 6.31. The zero-order valence-corrected chi connectivity index (χ0v) is 17.2. The maximum absolute atomic E-state index is 12.0. The standard InChI is InChI=1S/C25H30O5/c26-16-19-8-12-21(13-9-19)20-10-6-18(7-11-20)15-23(25(29)30)22(24(27)28)14-17-4-2-1-3-5-17/h6-13,17,22-23,26H,1-5,14-16H2,(H,27,28)(H,29,30)/t22-,23-/m0/s1. The van der Waals surface area contributed by atoms with Gasteiger partial charge in [0.25, 0.3) is 0 Å². The number of rotatable bonds is 9. The number of hydrogen-bond acceptors (Lipinski definition) is 3. The van der Waals surface area contributed by atoms with Crippen molar-refractivity contribution in [2.24, 2.45) is 17.8 Å². The first-order valence-corrected chi connectivity index (χ1v) is 10.7. The Kier molecular flexibility index (Phi) is 7.63. The van der Waals surface area contributed by atoms with Gasteiger partial charge in [0.2, 0.25) is 0 Å². The topological polar surface area (TPSA) is 94.8 Å². The predicted octanol–water partition coefficient (Wildman–Crippen LogP) is 4.76. The molecule has 2 aromatic rings. The summed E-state index contributed by atoms with van der Waals surface area (Å²) < 4.78 is 0. The van der Waals surface area contributed by atoms with E-state index in [1.165, 1.54) is 6.42 Å². The molecule has 160 valence electrons. The van der Waals surface area contributed by atoms with Crippen molar-refractivity contribution in [2.75, 3.05) is 0 Å². The smallest absolute Gasteiger partial charge is 0.307 e. The van der Waals surface area contributed by atoms with Crippen LogP contribution in [0.4, 0.5) is 0 Å². The molecule has 0 amide bonds. The molecule has 3 N–H and O–H groups in total. The molecule has 1 saturated carbocycles. The summed E-state index contributed by atoms with van der Waals surface area (Å²) in [6.45, 7) is 0.00138. The van der Waals surface area contributed by atoms with Crippen molar-refractivity contribution in [1.82, 2.24) is 0 Å². The molecule has 0 spiro atoms. The highest BCUT2D eigenvalue weighted by Gasteiger charge is 2.35. The highest BCUT2D eigenvalue weighted by atomic mass is 16.4. The highest BCUT2D eigenvalue weighted by Crippen LogP contribution is 2.33. The Morgan fingerprint density at radius 1 is 0.767 bits per heavy atom. The maximum atomic E-state index is 12.0. The molecule has 0 saturated heterocycles. The summed E-state index contributed by atoms with van der Waals surface area (Å²) in [7, 11) is 0. The molecule has 5 heteroatoms. The fourth-order valence-electron chi connectivity index (χ4n) is 4.51. The number of benzene rings is 2. The van der Waals surface area contributed by atoms with Crippen molar-refractivity contribution >= 4 is 11.9 Å². The Balaban J connectivity index is 1.72. The number of carboxylic acids is 2. The summed E-state index contributed by atoms with van der Waals surface area (Å²) in [5.41, 5.74) is 3.67. The number of aliphatic carboxylic acids is 2. The van der Waals surface area contributed by atoms with E-state index in [0.717, 1.165) is 47.9 Å². The molecule has 2 atom stereocenters. The van der Waals surface area contributed by atoms with Crippen molar-refractivity contribution in [1.29, 1.82) is 0 Å². The minimum absolute atomic E-state index is 0.00138. The number of aliphatic hydroxyl groups is 1. The van der Waals surface area contributed by atoms with Gasteiger partial charge in [-0.05, 0) is 41.0 Å². The average molecular weight is 411 g/mol. The number of aliphatic hydroxyl groups excluding tert-OH is 1. The number of carbonyl (C=O) groups is 2. The lowest BCUT2D eigenvalue weighted by Crippen LogP contribution is -2.33. The molecular weight excluding hydrogens is 380 g/mol. The first-order valence-electron chi connectivity index (χ1n) is 10.7. The summed E-state index contributed by atoms with van der Waals surface area (Å²) in [4.78, 5) is 23.9. The van der Waals surface area contributed by atoms with Gasteiger partial charge in [0.1, 0.15) is 0 Å². The van der Waals surface area contributed by atoms with Crippen LogP contribution in [0.5, 0.6) is 0 Å². The zero-order valence-electron chi connectivity index (χ0n) is 17.2. The summed E-state index contributed by atoms with van der Waals surface area (Å²) in [6, 6.07) is 15.2. The van der Waals surface area contributed by atoms with Crippen molar-refractivity contribution in [3.63, 3.8) is 0 Å². The van der Waals surface area contributed by atoms with Gasteiger partial charge < -0.3 is 15.3 Å². The van der Waals surface area contributed by atoms with E-state index in [4.69, 9.17) is 5.11 Å². The van der Waals surface area contributed by atoms with Gasteiger partial charge in [0.15, 0.2) is 0 Å². The minimum Gasteiger partial charge on any atom is -0.481 e. The largest absolute Gasteiger partial charge is 0.481 e. The van der Waals surface area contributed by atoms with Gasteiger partial charge in [-0.1, -0.05) is 80.6 Å². The van der Waals surface area contributed by atoms with Gasteiger partial charge >= 0.3 is 11.9 Å². The van der Waals surface area contributed by atoms with E-state index >= 15 is 0 Å². The van der Waals surface area contributed by atoms with Crippen LogP contribution in [0.1, 0.15) is 49.7 Å². The predicted molar refractivity (Wildman–Crippen MR) is 115 cm³/mol. The van der Waals surface area contributed by atoms with Gasteiger partial charge in [-0.2, -0.15) is 0 Å². The molecule has 2 aromatic carbocycles.